The second-order valence-electron chi connectivity index (χ2n) is 4.10. The normalized spacial score (nSPS) is 7.20. The Morgan fingerprint density at radius 2 is 0.520 bits per heavy atom. The van der Waals surface area contributed by atoms with Gasteiger partial charge in [-0.15, -0.1) is 17.1 Å². The molecule has 0 spiro atoms. The molecule has 0 unspecified atom stereocenters. The summed E-state index contributed by atoms with van der Waals surface area (Å²) >= 11 is 0. The van der Waals surface area contributed by atoms with Gasteiger partial charge in [0.15, 0.2) is 0 Å². The van der Waals surface area contributed by atoms with Gasteiger partial charge < -0.3 is 54.4 Å². The van der Waals surface area contributed by atoms with Gasteiger partial charge >= 0.3 is 17.4 Å². The molecule has 0 fully saturated rings. The van der Waals surface area contributed by atoms with E-state index in [1.807, 2.05) is 54.6 Å². The topological polar surface area (TPSA) is 71.4 Å². The van der Waals surface area contributed by atoms with Crippen molar-refractivity contribution < 1.29 is 54.6 Å². The molecule has 3 N–H and O–H groups in total. The van der Waals surface area contributed by atoms with E-state index in [9.17, 15) is 0 Å². The van der Waals surface area contributed by atoms with E-state index in [1.165, 1.54) is 0 Å². The molecule has 7 heteroatoms. The largest absolute Gasteiger partial charge is 6.00 e. The molecule has 0 aliphatic carbocycles. The number of benzene rings is 3. The SMILES string of the molecule is [Cl-].[Cl-].[Cl-].[Cr+6].[NH-]c1ccccc1.[NH-]c1ccccc1.[NH-]c1ccccc1. The molecule has 132 valence electrons. The van der Waals surface area contributed by atoms with Crippen LogP contribution in [0, 0.1) is 0 Å². The maximum absolute atomic E-state index is 7.00. The van der Waals surface area contributed by atoms with E-state index in [0.717, 1.165) is 0 Å². The molecule has 3 aromatic rings. The minimum absolute atomic E-state index is 0. The first-order chi connectivity index (χ1) is 10.2. The second-order valence-corrected chi connectivity index (χ2v) is 4.10. The third kappa shape index (κ3) is 18.6. The summed E-state index contributed by atoms with van der Waals surface area (Å²) in [4.78, 5) is 0. The third-order valence-electron chi connectivity index (χ3n) is 2.32. The van der Waals surface area contributed by atoms with Crippen LogP contribution in [-0.2, 0) is 17.4 Å². The standard InChI is InChI=1S/3C6H6N.3ClH.Cr/c3*7-6-4-2-1-3-5-6;;;;/h3*1-5,7H;3*1H;/q3*-1;;;;+6/p-3. The van der Waals surface area contributed by atoms with Gasteiger partial charge in [-0.25, -0.2) is 0 Å². The maximum atomic E-state index is 7.00. The van der Waals surface area contributed by atoms with Crippen LogP contribution in [-0.4, -0.2) is 0 Å². The van der Waals surface area contributed by atoms with E-state index in [-0.39, 0.29) is 54.6 Å². The van der Waals surface area contributed by atoms with E-state index in [1.54, 1.807) is 36.4 Å². The molecule has 3 aromatic carbocycles. The average molecular weight is 435 g/mol. The summed E-state index contributed by atoms with van der Waals surface area (Å²) in [5.41, 5.74) is 22.7. The molecule has 25 heavy (non-hydrogen) atoms. The van der Waals surface area contributed by atoms with Crippen molar-refractivity contribution in [3.63, 3.8) is 0 Å². The zero-order valence-corrected chi connectivity index (χ0v) is 16.7. The van der Waals surface area contributed by atoms with Gasteiger partial charge in [-0.3, -0.25) is 0 Å². The Labute approximate surface area is 179 Å². The monoisotopic (exact) mass is 433 g/mol. The van der Waals surface area contributed by atoms with Gasteiger partial charge in [-0.1, -0.05) is 91.0 Å². The number of hydrogen-bond acceptors (Lipinski definition) is 0. The molecule has 0 aliphatic heterocycles. The number of halogens is 3. The van der Waals surface area contributed by atoms with E-state index < -0.39 is 0 Å². The number of nitrogens with one attached hydrogen (secondary N) is 3. The Morgan fingerprint density at radius 1 is 0.360 bits per heavy atom. The van der Waals surface area contributed by atoms with Crippen LogP contribution in [0.1, 0.15) is 0 Å². The molecule has 0 radical (unpaired) electrons. The molecular weight excluding hydrogens is 417 g/mol. The molecule has 0 atom stereocenters. The van der Waals surface area contributed by atoms with Crippen LogP contribution in [0.3, 0.4) is 0 Å². The molecule has 0 aliphatic rings. The van der Waals surface area contributed by atoms with Gasteiger partial charge in [0.1, 0.15) is 0 Å². The Morgan fingerprint density at radius 3 is 0.600 bits per heavy atom. The molecule has 0 saturated heterocycles. The average Bonchev–Trinajstić information content (AvgIpc) is 2.51. The number of rotatable bonds is 0. The first-order valence-corrected chi connectivity index (χ1v) is 6.48. The van der Waals surface area contributed by atoms with Gasteiger partial charge in [0.2, 0.25) is 0 Å². The predicted octanol–water partition coefficient (Wildman–Crippen LogP) is -1.88. The quantitative estimate of drug-likeness (QED) is 0.397. The molecule has 3 rings (SSSR count). The Bertz CT molecular complexity index is 511. The smallest absolute Gasteiger partial charge is 1.00 e. The summed E-state index contributed by atoms with van der Waals surface area (Å²) in [5.74, 6) is 0. The van der Waals surface area contributed by atoms with Crippen LogP contribution in [0.25, 0.3) is 17.2 Å². The van der Waals surface area contributed by atoms with Crippen molar-refractivity contribution in [3.05, 3.63) is 108 Å². The summed E-state index contributed by atoms with van der Waals surface area (Å²) in [6, 6.07) is 27.3. The summed E-state index contributed by atoms with van der Waals surface area (Å²) in [6.45, 7) is 0. The van der Waals surface area contributed by atoms with Crippen LogP contribution >= 0.6 is 0 Å². The van der Waals surface area contributed by atoms with Gasteiger partial charge in [-0.05, 0) is 0 Å². The fraction of sp³-hybridized carbons (Fsp3) is 0. The van der Waals surface area contributed by atoms with Crippen LogP contribution in [0.2, 0.25) is 0 Å². The summed E-state index contributed by atoms with van der Waals surface area (Å²) in [5, 5.41) is 0. The Kier molecular flexibility index (Phi) is 25.6. The third-order valence-corrected chi connectivity index (χ3v) is 2.32. The summed E-state index contributed by atoms with van der Waals surface area (Å²) in [7, 11) is 0. The first kappa shape index (κ1) is 31.3. The van der Waals surface area contributed by atoms with Crippen LogP contribution < -0.4 is 37.2 Å². The minimum atomic E-state index is 0. The van der Waals surface area contributed by atoms with Gasteiger partial charge in [0.25, 0.3) is 0 Å². The van der Waals surface area contributed by atoms with Crippen LogP contribution in [0.5, 0.6) is 0 Å². The van der Waals surface area contributed by atoms with Crippen LogP contribution in [0.4, 0.5) is 17.1 Å². The Hall–Kier alpha value is -1.54. The predicted molar refractivity (Wildman–Crippen MR) is 91.3 cm³/mol. The maximum Gasteiger partial charge on any atom is 6.00 e. The van der Waals surface area contributed by atoms with Gasteiger partial charge in [0, 0.05) is 0 Å². The molecular formula is C18H18Cl3CrN3. The van der Waals surface area contributed by atoms with Crippen molar-refractivity contribution in [2.45, 2.75) is 0 Å². The minimum Gasteiger partial charge on any atom is -1.00 e. The molecule has 0 heterocycles. The van der Waals surface area contributed by atoms with Crippen molar-refractivity contribution in [1.29, 1.82) is 0 Å². The second kappa shape index (κ2) is 20.5. The first-order valence-electron chi connectivity index (χ1n) is 6.48. The van der Waals surface area contributed by atoms with E-state index in [2.05, 4.69) is 0 Å². The van der Waals surface area contributed by atoms with Gasteiger partial charge in [0.05, 0.1) is 0 Å². The summed E-state index contributed by atoms with van der Waals surface area (Å²) < 4.78 is 0. The van der Waals surface area contributed by atoms with Crippen molar-refractivity contribution in [1.82, 2.24) is 0 Å². The Balaban J connectivity index is -0.000000122. The molecule has 0 amide bonds. The molecule has 0 aromatic heterocycles. The number of hydrogen-bond donors (Lipinski definition) is 0. The zero-order chi connectivity index (χ0) is 15.3. The van der Waals surface area contributed by atoms with Crippen molar-refractivity contribution in [2.75, 3.05) is 0 Å². The van der Waals surface area contributed by atoms with Crippen molar-refractivity contribution >= 4 is 17.1 Å². The van der Waals surface area contributed by atoms with Gasteiger partial charge in [-0.2, -0.15) is 0 Å². The zero-order valence-electron chi connectivity index (χ0n) is 13.2. The van der Waals surface area contributed by atoms with Crippen molar-refractivity contribution in [2.24, 2.45) is 0 Å². The molecule has 3 nitrogen and oxygen atoms in total. The van der Waals surface area contributed by atoms with E-state index in [4.69, 9.17) is 17.2 Å². The molecule has 0 bridgehead atoms. The molecule has 0 saturated carbocycles. The van der Waals surface area contributed by atoms with E-state index >= 15 is 0 Å². The fourth-order valence-electron chi connectivity index (χ4n) is 1.31. The van der Waals surface area contributed by atoms with Crippen molar-refractivity contribution in [3.8, 4) is 0 Å². The van der Waals surface area contributed by atoms with Crippen LogP contribution in [0.15, 0.2) is 91.0 Å². The summed E-state index contributed by atoms with van der Waals surface area (Å²) in [6.07, 6.45) is 0. The van der Waals surface area contributed by atoms with E-state index in [0.29, 0.717) is 17.1 Å². The fourth-order valence-corrected chi connectivity index (χ4v) is 1.31.